The molecule has 1 heteroatoms. The molecule has 2 aromatic rings. The Kier molecular flexibility index (Phi) is 3.80. The van der Waals surface area contributed by atoms with Crippen LogP contribution in [0.15, 0.2) is 46.7 Å². The van der Waals surface area contributed by atoms with Crippen molar-refractivity contribution in [2.45, 2.75) is 13.8 Å². The minimum absolute atomic E-state index is 1.08. The van der Waals surface area contributed by atoms with Crippen LogP contribution in [0.25, 0.3) is 6.08 Å². The molecule has 0 saturated heterocycles. The van der Waals surface area contributed by atoms with Crippen LogP contribution < -0.4 is 0 Å². The van der Waals surface area contributed by atoms with Gasteiger partial charge in [-0.05, 0) is 36.9 Å². The molecule has 0 bridgehead atoms. The van der Waals surface area contributed by atoms with E-state index in [1.54, 1.807) is 11.3 Å². The third-order valence-electron chi connectivity index (χ3n) is 2.27. The molecule has 0 spiro atoms. The highest BCUT2D eigenvalue weighted by molar-refractivity contribution is 7.08. The van der Waals surface area contributed by atoms with E-state index in [0.717, 1.165) is 11.1 Å². The van der Waals surface area contributed by atoms with Gasteiger partial charge in [-0.25, -0.2) is 0 Å². The number of hydrogen-bond donors (Lipinski definition) is 0. The summed E-state index contributed by atoms with van der Waals surface area (Å²) in [4.78, 5) is 0. The molecule has 0 aliphatic carbocycles. The molecule has 84 valence electrons. The summed E-state index contributed by atoms with van der Waals surface area (Å²) in [7, 11) is 0. The van der Waals surface area contributed by atoms with E-state index in [1.165, 1.54) is 11.1 Å². The Bertz CT molecular complexity index is 573. The van der Waals surface area contributed by atoms with Crippen molar-refractivity contribution in [3.63, 3.8) is 0 Å². The summed E-state index contributed by atoms with van der Waals surface area (Å²) < 4.78 is 0. The summed E-state index contributed by atoms with van der Waals surface area (Å²) in [5, 5.41) is 4.11. The number of hydrogen-bond acceptors (Lipinski definition) is 1. The second kappa shape index (κ2) is 5.52. The lowest BCUT2D eigenvalue weighted by Gasteiger charge is -1.98. The highest BCUT2D eigenvalue weighted by Gasteiger charge is 1.95. The van der Waals surface area contributed by atoms with Gasteiger partial charge in [0.05, 0.1) is 0 Å². The van der Waals surface area contributed by atoms with E-state index >= 15 is 0 Å². The van der Waals surface area contributed by atoms with Crippen LogP contribution in [0.4, 0.5) is 0 Å². The van der Waals surface area contributed by atoms with Crippen LogP contribution in [0.3, 0.4) is 0 Å². The number of thiophene rings is 1. The zero-order valence-electron chi connectivity index (χ0n) is 10.0. The van der Waals surface area contributed by atoms with Crippen LogP contribution in [-0.4, -0.2) is 0 Å². The van der Waals surface area contributed by atoms with Crippen LogP contribution in [0.5, 0.6) is 0 Å². The molecule has 0 nitrogen and oxygen atoms in total. The van der Waals surface area contributed by atoms with Crippen molar-refractivity contribution >= 4 is 17.4 Å². The summed E-state index contributed by atoms with van der Waals surface area (Å²) in [5.74, 6) is 6.42. The zero-order valence-corrected chi connectivity index (χ0v) is 10.8. The second-order valence-corrected chi connectivity index (χ2v) is 4.85. The lowest BCUT2D eigenvalue weighted by molar-refractivity contribution is 1.42. The average Bonchev–Trinajstić information content (AvgIpc) is 2.80. The Morgan fingerprint density at radius 3 is 2.65 bits per heavy atom. The van der Waals surface area contributed by atoms with Gasteiger partial charge in [0.1, 0.15) is 0 Å². The van der Waals surface area contributed by atoms with E-state index in [2.05, 4.69) is 49.3 Å². The first-order chi connectivity index (χ1) is 8.25. The molecule has 0 aliphatic heterocycles. The summed E-state index contributed by atoms with van der Waals surface area (Å²) in [6.45, 7) is 4.20. The minimum atomic E-state index is 1.08. The molecule has 1 aromatic carbocycles. The highest BCUT2D eigenvalue weighted by atomic mass is 32.1. The molecule has 0 amide bonds. The fourth-order valence-corrected chi connectivity index (χ4v) is 2.11. The molecule has 0 atom stereocenters. The fourth-order valence-electron chi connectivity index (χ4n) is 1.52. The lowest BCUT2D eigenvalue weighted by atomic mass is 10.1. The first kappa shape index (κ1) is 11.7. The van der Waals surface area contributed by atoms with E-state index in [4.69, 9.17) is 0 Å². The molecule has 0 unspecified atom stereocenters. The van der Waals surface area contributed by atoms with Crippen LogP contribution in [0.2, 0.25) is 0 Å². The first-order valence-electron chi connectivity index (χ1n) is 5.54. The van der Waals surface area contributed by atoms with Gasteiger partial charge in [0.15, 0.2) is 0 Å². The predicted octanol–water partition coefficient (Wildman–Crippen LogP) is 4.57. The molecular weight excluding hydrogens is 224 g/mol. The molecule has 0 aliphatic rings. The van der Waals surface area contributed by atoms with Gasteiger partial charge in [0.25, 0.3) is 0 Å². The Hall–Kier alpha value is -1.78. The predicted molar refractivity (Wildman–Crippen MR) is 76.1 cm³/mol. The molecule has 0 saturated carbocycles. The van der Waals surface area contributed by atoms with Gasteiger partial charge in [-0.1, -0.05) is 41.7 Å². The Labute approximate surface area is 107 Å². The third kappa shape index (κ3) is 3.34. The van der Waals surface area contributed by atoms with Crippen molar-refractivity contribution in [2.24, 2.45) is 0 Å². The monoisotopic (exact) mass is 238 g/mol. The maximum Gasteiger partial charge on any atom is 0.0356 e. The van der Waals surface area contributed by atoms with E-state index in [9.17, 15) is 0 Å². The van der Waals surface area contributed by atoms with Gasteiger partial charge in [0, 0.05) is 16.5 Å². The van der Waals surface area contributed by atoms with Gasteiger partial charge in [-0.15, -0.1) is 0 Å². The molecule has 17 heavy (non-hydrogen) atoms. The lowest BCUT2D eigenvalue weighted by Crippen LogP contribution is -1.82. The van der Waals surface area contributed by atoms with E-state index in [-0.39, 0.29) is 0 Å². The fraction of sp³-hybridized carbons (Fsp3) is 0.125. The van der Waals surface area contributed by atoms with Crippen molar-refractivity contribution in [2.75, 3.05) is 0 Å². The summed E-state index contributed by atoms with van der Waals surface area (Å²) in [5.41, 5.74) is 4.65. The van der Waals surface area contributed by atoms with Crippen molar-refractivity contribution in [3.8, 4) is 11.8 Å². The van der Waals surface area contributed by atoms with Crippen LogP contribution in [-0.2, 0) is 0 Å². The highest BCUT2D eigenvalue weighted by Crippen LogP contribution is 2.12. The Balaban J connectivity index is 2.36. The zero-order chi connectivity index (χ0) is 12.1. The minimum Gasteiger partial charge on any atom is -0.151 e. The van der Waals surface area contributed by atoms with Gasteiger partial charge < -0.3 is 0 Å². The normalized spacial score (nSPS) is 9.29. The maximum absolute atomic E-state index is 3.23. The molecule has 0 radical (unpaired) electrons. The first-order valence-corrected chi connectivity index (χ1v) is 6.48. The van der Waals surface area contributed by atoms with E-state index in [1.807, 2.05) is 23.6 Å². The third-order valence-corrected chi connectivity index (χ3v) is 2.95. The second-order valence-electron chi connectivity index (χ2n) is 4.07. The average molecular weight is 238 g/mol. The van der Waals surface area contributed by atoms with Gasteiger partial charge >= 0.3 is 0 Å². The molecule has 0 N–H and O–H groups in total. The SMILES string of the molecule is CC(C)=Cc1ccccc1C#Cc1ccsc1. The molecule has 2 rings (SSSR count). The molecule has 0 fully saturated rings. The molecule has 1 heterocycles. The van der Waals surface area contributed by atoms with Gasteiger partial charge in [-0.2, -0.15) is 11.3 Å². The van der Waals surface area contributed by atoms with Crippen molar-refractivity contribution in [1.82, 2.24) is 0 Å². The maximum atomic E-state index is 3.23. The standard InChI is InChI=1S/C16H14S/c1-13(2)11-16-6-4-3-5-15(16)8-7-14-9-10-17-12-14/h3-6,9-12H,1-2H3. The van der Waals surface area contributed by atoms with Crippen LogP contribution >= 0.6 is 11.3 Å². The topological polar surface area (TPSA) is 0 Å². The van der Waals surface area contributed by atoms with Crippen LogP contribution in [0.1, 0.15) is 30.5 Å². The van der Waals surface area contributed by atoms with Crippen LogP contribution in [0, 0.1) is 11.8 Å². The van der Waals surface area contributed by atoms with Gasteiger partial charge in [-0.3, -0.25) is 0 Å². The van der Waals surface area contributed by atoms with Crippen molar-refractivity contribution < 1.29 is 0 Å². The smallest absolute Gasteiger partial charge is 0.0356 e. The summed E-state index contributed by atoms with van der Waals surface area (Å²) in [6.07, 6.45) is 2.16. The quantitative estimate of drug-likeness (QED) is 0.638. The Morgan fingerprint density at radius 2 is 1.94 bits per heavy atom. The van der Waals surface area contributed by atoms with Crippen molar-refractivity contribution in [1.29, 1.82) is 0 Å². The molecular formula is C16H14S. The number of allylic oxidation sites excluding steroid dienone is 1. The summed E-state index contributed by atoms with van der Waals surface area (Å²) in [6, 6.07) is 10.3. The van der Waals surface area contributed by atoms with E-state index < -0.39 is 0 Å². The van der Waals surface area contributed by atoms with Crippen molar-refractivity contribution in [3.05, 3.63) is 63.4 Å². The number of benzene rings is 1. The van der Waals surface area contributed by atoms with Gasteiger partial charge in [0.2, 0.25) is 0 Å². The molecule has 1 aromatic heterocycles. The number of rotatable bonds is 1. The Morgan fingerprint density at radius 1 is 1.12 bits per heavy atom. The summed E-state index contributed by atoms with van der Waals surface area (Å²) >= 11 is 1.68. The largest absolute Gasteiger partial charge is 0.151 e. The van der Waals surface area contributed by atoms with E-state index in [0.29, 0.717) is 0 Å².